The Balaban J connectivity index is 0.000000615. The van der Waals surface area contributed by atoms with Gasteiger partial charge in [0.25, 0.3) is 5.91 Å². The lowest BCUT2D eigenvalue weighted by atomic mass is 10.2. The first-order chi connectivity index (χ1) is 11.3. The molecule has 0 unspecified atom stereocenters. The average Bonchev–Trinajstić information content (AvgIpc) is 3.02. The minimum Gasteiger partial charge on any atom is -0.318 e. The molecular weight excluding hydrogens is 290 g/mol. The van der Waals surface area contributed by atoms with E-state index in [1.165, 1.54) is 6.33 Å². The van der Waals surface area contributed by atoms with E-state index in [2.05, 4.69) is 20.3 Å². The maximum atomic E-state index is 12.1. The van der Waals surface area contributed by atoms with E-state index in [4.69, 9.17) is 0 Å². The summed E-state index contributed by atoms with van der Waals surface area (Å²) in [5, 5.41) is 2.75. The van der Waals surface area contributed by atoms with Crippen molar-refractivity contribution in [1.82, 2.24) is 19.5 Å². The quantitative estimate of drug-likeness (QED) is 0.783. The number of aromatic nitrogens is 4. The van der Waals surface area contributed by atoms with Gasteiger partial charge in [0.15, 0.2) is 17.0 Å². The van der Waals surface area contributed by atoms with Crippen LogP contribution in [0.5, 0.6) is 0 Å². The lowest BCUT2D eigenvalue weighted by molar-refractivity contribution is 0.102. The predicted octanol–water partition coefficient (Wildman–Crippen LogP) is 3.67. The van der Waals surface area contributed by atoms with Gasteiger partial charge in [-0.15, -0.1) is 0 Å². The molecule has 6 heteroatoms. The normalized spacial score (nSPS) is 9.26. The van der Waals surface area contributed by atoms with E-state index in [0.29, 0.717) is 22.5 Å². The van der Waals surface area contributed by atoms with Crippen LogP contribution in [0, 0.1) is 0 Å². The first-order valence-corrected chi connectivity index (χ1v) is 7.74. The second-order valence-corrected chi connectivity index (χ2v) is 4.07. The summed E-state index contributed by atoms with van der Waals surface area (Å²) < 4.78 is 1.77. The van der Waals surface area contributed by atoms with E-state index < -0.39 is 0 Å². The fraction of sp³-hybridized carbons (Fsp3) is 0.294. The summed E-state index contributed by atoms with van der Waals surface area (Å²) in [4.78, 5) is 24.4. The molecule has 0 spiro atoms. The van der Waals surface area contributed by atoms with Crippen molar-refractivity contribution in [1.29, 1.82) is 0 Å². The first-order valence-electron chi connectivity index (χ1n) is 7.74. The van der Waals surface area contributed by atoms with Crippen molar-refractivity contribution in [3.8, 4) is 0 Å². The molecule has 1 N–H and O–H groups in total. The number of nitrogens with zero attached hydrogens (tertiary/aromatic N) is 4. The van der Waals surface area contributed by atoms with Gasteiger partial charge in [-0.1, -0.05) is 45.9 Å². The van der Waals surface area contributed by atoms with Crippen LogP contribution in [0.4, 0.5) is 5.82 Å². The summed E-state index contributed by atoms with van der Waals surface area (Å²) >= 11 is 0. The van der Waals surface area contributed by atoms with Gasteiger partial charge in [0.1, 0.15) is 6.33 Å². The SMILES string of the molecule is CC.CC.Cn1cnc2c(NC(=O)c3ccccc3)ncnc21. The number of anilines is 1. The van der Waals surface area contributed by atoms with Crippen molar-refractivity contribution in [2.45, 2.75) is 27.7 Å². The van der Waals surface area contributed by atoms with E-state index in [-0.39, 0.29) is 5.91 Å². The molecule has 0 fully saturated rings. The van der Waals surface area contributed by atoms with Crippen LogP contribution in [-0.2, 0) is 7.05 Å². The van der Waals surface area contributed by atoms with Crippen molar-refractivity contribution >= 4 is 22.9 Å². The van der Waals surface area contributed by atoms with Gasteiger partial charge in [0, 0.05) is 12.6 Å². The van der Waals surface area contributed by atoms with Gasteiger partial charge in [-0.2, -0.15) is 0 Å². The number of amides is 1. The molecule has 0 atom stereocenters. The van der Waals surface area contributed by atoms with Crippen molar-refractivity contribution < 1.29 is 4.79 Å². The van der Waals surface area contributed by atoms with E-state index in [0.717, 1.165) is 0 Å². The molecular formula is C17H23N5O. The van der Waals surface area contributed by atoms with Crippen LogP contribution in [0.2, 0.25) is 0 Å². The number of carbonyl (C=O) groups excluding carboxylic acids is 1. The fourth-order valence-corrected chi connectivity index (χ4v) is 1.81. The van der Waals surface area contributed by atoms with Gasteiger partial charge in [-0.25, -0.2) is 15.0 Å². The molecule has 3 rings (SSSR count). The van der Waals surface area contributed by atoms with Gasteiger partial charge < -0.3 is 9.88 Å². The van der Waals surface area contributed by atoms with E-state index in [1.54, 1.807) is 23.0 Å². The maximum absolute atomic E-state index is 12.1. The summed E-state index contributed by atoms with van der Waals surface area (Å²) in [7, 11) is 1.84. The largest absolute Gasteiger partial charge is 0.318 e. The van der Waals surface area contributed by atoms with Crippen molar-refractivity contribution in [2.24, 2.45) is 7.05 Å². The molecule has 23 heavy (non-hydrogen) atoms. The first kappa shape index (κ1) is 18.3. The molecule has 3 aromatic rings. The van der Waals surface area contributed by atoms with Gasteiger partial charge >= 0.3 is 0 Å². The number of fused-ring (bicyclic) bond motifs is 1. The number of carbonyl (C=O) groups is 1. The predicted molar refractivity (Wildman–Crippen MR) is 93.4 cm³/mol. The number of imidazole rings is 1. The fourth-order valence-electron chi connectivity index (χ4n) is 1.81. The van der Waals surface area contributed by atoms with Gasteiger partial charge in [-0.05, 0) is 12.1 Å². The van der Waals surface area contributed by atoms with Gasteiger partial charge in [0.2, 0.25) is 0 Å². The Morgan fingerprint density at radius 2 is 1.65 bits per heavy atom. The highest BCUT2D eigenvalue weighted by Gasteiger charge is 2.12. The Bertz CT molecular complexity index is 737. The second-order valence-electron chi connectivity index (χ2n) is 4.07. The summed E-state index contributed by atoms with van der Waals surface area (Å²) in [5.74, 6) is 0.200. The number of hydrogen-bond acceptors (Lipinski definition) is 4. The van der Waals surface area contributed by atoms with Crippen LogP contribution in [0.15, 0.2) is 43.0 Å². The molecule has 0 saturated carbocycles. The topological polar surface area (TPSA) is 72.7 Å². The van der Waals surface area contributed by atoms with Crippen molar-refractivity contribution in [2.75, 3.05) is 5.32 Å². The maximum Gasteiger partial charge on any atom is 0.256 e. The third-order valence-corrected chi connectivity index (χ3v) is 2.76. The minimum absolute atomic E-state index is 0.216. The van der Waals surface area contributed by atoms with Crippen molar-refractivity contribution in [3.63, 3.8) is 0 Å². The monoisotopic (exact) mass is 313 g/mol. The van der Waals surface area contributed by atoms with Gasteiger partial charge in [0.05, 0.1) is 6.33 Å². The highest BCUT2D eigenvalue weighted by molar-refractivity contribution is 6.06. The Morgan fingerprint density at radius 3 is 2.30 bits per heavy atom. The molecule has 0 aliphatic rings. The number of nitrogens with one attached hydrogen (secondary N) is 1. The van der Waals surface area contributed by atoms with Crippen LogP contribution in [0.3, 0.4) is 0 Å². The minimum atomic E-state index is -0.216. The molecule has 1 amide bonds. The number of rotatable bonds is 2. The molecule has 0 saturated heterocycles. The summed E-state index contributed by atoms with van der Waals surface area (Å²) in [5.41, 5.74) is 1.83. The Morgan fingerprint density at radius 1 is 1.00 bits per heavy atom. The molecule has 6 nitrogen and oxygen atoms in total. The molecule has 122 valence electrons. The highest BCUT2D eigenvalue weighted by atomic mass is 16.1. The Hall–Kier alpha value is -2.76. The second kappa shape index (κ2) is 9.30. The standard InChI is InChI=1S/C13H11N5O.2C2H6/c1-18-8-16-10-11(14-7-15-12(10)18)17-13(19)9-5-3-2-4-6-9;2*1-2/h2-8H,1H3,(H,14,15,17,19);2*1-2H3. The molecule has 1 aromatic carbocycles. The molecule has 0 bridgehead atoms. The van der Waals surface area contributed by atoms with Crippen LogP contribution in [-0.4, -0.2) is 25.4 Å². The van der Waals surface area contributed by atoms with Crippen LogP contribution in [0.25, 0.3) is 11.2 Å². The molecule has 0 radical (unpaired) electrons. The summed E-state index contributed by atoms with van der Waals surface area (Å²) in [6.45, 7) is 8.00. The average molecular weight is 313 g/mol. The Kier molecular flexibility index (Phi) is 7.39. The Labute approximate surface area is 136 Å². The third-order valence-electron chi connectivity index (χ3n) is 2.76. The number of aryl methyl sites for hydroxylation is 1. The molecule has 0 aliphatic heterocycles. The lowest BCUT2D eigenvalue weighted by Gasteiger charge is -2.04. The lowest BCUT2D eigenvalue weighted by Crippen LogP contribution is -2.13. The molecule has 0 aliphatic carbocycles. The summed E-state index contributed by atoms with van der Waals surface area (Å²) in [6.07, 6.45) is 3.04. The number of hydrogen-bond donors (Lipinski definition) is 1. The van der Waals surface area contributed by atoms with Crippen LogP contribution < -0.4 is 5.32 Å². The number of benzene rings is 1. The van der Waals surface area contributed by atoms with Crippen LogP contribution in [0.1, 0.15) is 38.1 Å². The third kappa shape index (κ3) is 4.35. The van der Waals surface area contributed by atoms with Crippen molar-refractivity contribution in [3.05, 3.63) is 48.5 Å². The zero-order valence-corrected chi connectivity index (χ0v) is 14.2. The zero-order chi connectivity index (χ0) is 17.2. The van der Waals surface area contributed by atoms with Gasteiger partial charge in [-0.3, -0.25) is 4.79 Å². The van der Waals surface area contributed by atoms with E-state index in [1.807, 2.05) is 52.9 Å². The highest BCUT2D eigenvalue weighted by Crippen LogP contribution is 2.17. The zero-order valence-electron chi connectivity index (χ0n) is 14.2. The van der Waals surface area contributed by atoms with Crippen LogP contribution >= 0.6 is 0 Å². The van der Waals surface area contributed by atoms with E-state index in [9.17, 15) is 4.79 Å². The van der Waals surface area contributed by atoms with E-state index >= 15 is 0 Å². The molecule has 2 heterocycles. The molecule has 2 aromatic heterocycles. The smallest absolute Gasteiger partial charge is 0.256 e. The summed E-state index contributed by atoms with van der Waals surface area (Å²) in [6, 6.07) is 8.97.